The first-order valence-corrected chi connectivity index (χ1v) is 10.5. The number of aromatic nitrogens is 1. The molecule has 0 saturated heterocycles. The Hall–Kier alpha value is -2.64. The number of nitrogens with zero attached hydrogens (tertiary/aromatic N) is 2. The Balaban J connectivity index is 1.74. The van der Waals surface area contributed by atoms with Crippen LogP contribution in [-0.2, 0) is 23.0 Å². The third-order valence-electron chi connectivity index (χ3n) is 5.11. The summed E-state index contributed by atoms with van der Waals surface area (Å²) in [6.07, 6.45) is 2.32. The summed E-state index contributed by atoms with van der Waals surface area (Å²) in [5.74, 6) is 1.26. The van der Waals surface area contributed by atoms with E-state index in [0.29, 0.717) is 36.5 Å². The van der Waals surface area contributed by atoms with Crippen molar-refractivity contribution in [2.75, 3.05) is 20.8 Å². The number of hydrogen-bond donors (Lipinski definition) is 0. The van der Waals surface area contributed by atoms with E-state index in [1.165, 1.54) is 4.31 Å². The average Bonchev–Trinajstić information content (AvgIpc) is 2.71. The van der Waals surface area contributed by atoms with Gasteiger partial charge in [-0.25, -0.2) is 8.42 Å². The van der Waals surface area contributed by atoms with E-state index in [0.717, 1.165) is 22.1 Å². The second-order valence-electron chi connectivity index (χ2n) is 6.91. The van der Waals surface area contributed by atoms with Gasteiger partial charge < -0.3 is 9.47 Å². The molecule has 146 valence electrons. The van der Waals surface area contributed by atoms with Gasteiger partial charge in [0.15, 0.2) is 11.5 Å². The van der Waals surface area contributed by atoms with Gasteiger partial charge in [0.05, 0.1) is 19.7 Å². The van der Waals surface area contributed by atoms with Crippen molar-refractivity contribution in [2.45, 2.75) is 24.8 Å². The number of pyridine rings is 1. The summed E-state index contributed by atoms with van der Waals surface area (Å²) in [6.45, 7) is 2.64. The van der Waals surface area contributed by atoms with Gasteiger partial charge in [-0.2, -0.15) is 4.31 Å². The molecule has 0 fully saturated rings. The molecule has 0 bridgehead atoms. The number of sulfonamides is 1. The molecule has 0 unspecified atom stereocenters. The molecule has 7 heteroatoms. The molecule has 28 heavy (non-hydrogen) atoms. The number of methoxy groups -OCH3 is 2. The van der Waals surface area contributed by atoms with Crippen LogP contribution >= 0.6 is 0 Å². The lowest BCUT2D eigenvalue weighted by Gasteiger charge is -2.29. The van der Waals surface area contributed by atoms with Crippen molar-refractivity contribution < 1.29 is 17.9 Å². The minimum atomic E-state index is -3.68. The molecule has 0 atom stereocenters. The van der Waals surface area contributed by atoms with Gasteiger partial charge in [-0.3, -0.25) is 4.98 Å². The largest absolute Gasteiger partial charge is 0.493 e. The second-order valence-corrected chi connectivity index (χ2v) is 8.81. The topological polar surface area (TPSA) is 68.7 Å². The predicted octanol–water partition coefficient (Wildman–Crippen LogP) is 3.31. The molecule has 2 heterocycles. The number of rotatable bonds is 4. The summed E-state index contributed by atoms with van der Waals surface area (Å²) in [4.78, 5) is 4.64. The van der Waals surface area contributed by atoms with Gasteiger partial charge >= 0.3 is 0 Å². The summed E-state index contributed by atoms with van der Waals surface area (Å²) < 4.78 is 39.1. The van der Waals surface area contributed by atoms with Crippen LogP contribution in [-0.4, -0.2) is 38.5 Å². The Bertz CT molecular complexity index is 1160. The molecular formula is C21H22N2O4S. The second kappa shape index (κ2) is 7.07. The smallest absolute Gasteiger partial charge is 0.245 e. The van der Waals surface area contributed by atoms with E-state index in [1.54, 1.807) is 32.5 Å². The monoisotopic (exact) mass is 398 g/mol. The van der Waals surface area contributed by atoms with E-state index in [-0.39, 0.29) is 4.90 Å². The van der Waals surface area contributed by atoms with E-state index >= 15 is 0 Å². The van der Waals surface area contributed by atoms with Crippen molar-refractivity contribution in [3.05, 3.63) is 59.3 Å². The van der Waals surface area contributed by atoms with E-state index in [2.05, 4.69) is 4.98 Å². The van der Waals surface area contributed by atoms with Crippen LogP contribution in [0.3, 0.4) is 0 Å². The summed E-state index contributed by atoms with van der Waals surface area (Å²) in [5, 5.41) is 0.824. The Labute approximate surface area is 164 Å². The van der Waals surface area contributed by atoms with Crippen LogP contribution in [0.25, 0.3) is 10.9 Å². The zero-order valence-electron chi connectivity index (χ0n) is 16.1. The number of ether oxygens (including phenoxy) is 2. The predicted molar refractivity (Wildman–Crippen MR) is 107 cm³/mol. The lowest BCUT2D eigenvalue weighted by Crippen LogP contribution is -2.36. The highest BCUT2D eigenvalue weighted by atomic mass is 32.2. The normalized spacial score (nSPS) is 14.7. The Morgan fingerprint density at radius 1 is 1.04 bits per heavy atom. The Kier molecular flexibility index (Phi) is 4.72. The zero-order chi connectivity index (χ0) is 19.9. The van der Waals surface area contributed by atoms with Crippen LogP contribution in [0.4, 0.5) is 0 Å². The summed E-state index contributed by atoms with van der Waals surface area (Å²) in [5.41, 5.74) is 3.51. The maximum Gasteiger partial charge on any atom is 0.245 e. The molecule has 3 aromatic rings. The molecule has 1 aliphatic heterocycles. The number of hydrogen-bond acceptors (Lipinski definition) is 5. The van der Waals surface area contributed by atoms with Crippen molar-refractivity contribution in [1.82, 2.24) is 9.29 Å². The Morgan fingerprint density at radius 2 is 1.75 bits per heavy atom. The van der Waals surface area contributed by atoms with Gasteiger partial charge in [-0.05, 0) is 54.3 Å². The zero-order valence-corrected chi connectivity index (χ0v) is 16.9. The molecule has 2 aromatic carbocycles. The third-order valence-corrected chi connectivity index (χ3v) is 6.99. The van der Waals surface area contributed by atoms with Gasteiger partial charge in [0.25, 0.3) is 0 Å². The van der Waals surface area contributed by atoms with Crippen molar-refractivity contribution in [2.24, 2.45) is 0 Å². The number of para-hydroxylation sites is 1. The maximum absolute atomic E-state index is 13.4. The molecule has 0 N–H and O–H groups in total. The van der Waals surface area contributed by atoms with Crippen molar-refractivity contribution in [3.8, 4) is 11.5 Å². The van der Waals surface area contributed by atoms with E-state index < -0.39 is 10.0 Å². The van der Waals surface area contributed by atoms with Gasteiger partial charge in [0, 0.05) is 24.7 Å². The van der Waals surface area contributed by atoms with Gasteiger partial charge in [0.2, 0.25) is 10.0 Å². The van der Waals surface area contributed by atoms with Crippen LogP contribution < -0.4 is 9.47 Å². The molecule has 6 nitrogen and oxygen atoms in total. The van der Waals surface area contributed by atoms with E-state index in [9.17, 15) is 8.42 Å². The highest BCUT2D eigenvalue weighted by Gasteiger charge is 2.31. The fraction of sp³-hybridized carbons (Fsp3) is 0.286. The van der Waals surface area contributed by atoms with Gasteiger partial charge in [0.1, 0.15) is 4.90 Å². The fourth-order valence-corrected chi connectivity index (χ4v) is 5.24. The quantitative estimate of drug-likeness (QED) is 0.674. The maximum atomic E-state index is 13.4. The number of benzene rings is 2. The minimum absolute atomic E-state index is 0.244. The van der Waals surface area contributed by atoms with Crippen LogP contribution in [0.5, 0.6) is 11.5 Å². The number of fused-ring (bicyclic) bond motifs is 2. The lowest BCUT2D eigenvalue weighted by molar-refractivity contribution is 0.348. The molecule has 0 spiro atoms. The Morgan fingerprint density at radius 3 is 2.46 bits per heavy atom. The highest BCUT2D eigenvalue weighted by Crippen LogP contribution is 2.35. The highest BCUT2D eigenvalue weighted by molar-refractivity contribution is 7.89. The summed E-state index contributed by atoms with van der Waals surface area (Å²) in [6, 6.07) is 11.0. The third kappa shape index (κ3) is 3.10. The van der Waals surface area contributed by atoms with Crippen molar-refractivity contribution in [1.29, 1.82) is 0 Å². The van der Waals surface area contributed by atoms with E-state index in [4.69, 9.17) is 9.47 Å². The molecule has 4 rings (SSSR count). The number of aryl methyl sites for hydroxylation is 1. The van der Waals surface area contributed by atoms with Crippen molar-refractivity contribution in [3.63, 3.8) is 0 Å². The molecule has 0 radical (unpaired) electrons. The van der Waals surface area contributed by atoms with Crippen LogP contribution in [0.15, 0.2) is 47.5 Å². The first kappa shape index (κ1) is 18.7. The molecule has 0 saturated carbocycles. The minimum Gasteiger partial charge on any atom is -0.493 e. The molecule has 0 amide bonds. The molecular weight excluding hydrogens is 376 g/mol. The summed E-state index contributed by atoms with van der Waals surface area (Å²) >= 11 is 0. The molecule has 1 aliphatic rings. The SMILES string of the molecule is COc1cc2c(cc1OC)CN(S(=O)(=O)c1cccc3cc(C)cnc13)CC2. The van der Waals surface area contributed by atoms with Crippen molar-refractivity contribution >= 4 is 20.9 Å². The lowest BCUT2D eigenvalue weighted by atomic mass is 10.0. The molecule has 1 aromatic heterocycles. The first-order chi connectivity index (χ1) is 13.4. The van der Waals surface area contributed by atoms with Gasteiger partial charge in [-0.1, -0.05) is 12.1 Å². The average molecular weight is 398 g/mol. The van der Waals surface area contributed by atoms with Crippen LogP contribution in [0, 0.1) is 6.92 Å². The first-order valence-electron chi connectivity index (χ1n) is 9.03. The van der Waals surface area contributed by atoms with Crippen LogP contribution in [0.2, 0.25) is 0 Å². The summed E-state index contributed by atoms with van der Waals surface area (Å²) in [7, 11) is -0.510. The standard InChI is InChI=1S/C21H22N2O4S/c1-14-9-16-5-4-6-20(21(16)22-12-14)28(24,25)23-8-7-15-10-18(26-2)19(27-3)11-17(15)13-23/h4-6,9-12H,7-8,13H2,1-3H3. The molecule has 0 aliphatic carbocycles. The van der Waals surface area contributed by atoms with Gasteiger partial charge in [-0.15, -0.1) is 0 Å². The fourth-order valence-electron chi connectivity index (χ4n) is 3.65. The van der Waals surface area contributed by atoms with Crippen LogP contribution in [0.1, 0.15) is 16.7 Å². The van der Waals surface area contributed by atoms with E-state index in [1.807, 2.05) is 31.2 Å².